The number of alkyl carbamates (subject to hydrolysis) is 1. The minimum atomic E-state index is -0.664. The van der Waals surface area contributed by atoms with E-state index in [1.165, 1.54) is 57.8 Å². The van der Waals surface area contributed by atoms with E-state index in [9.17, 15) is 14.4 Å². The number of ether oxygens (including phenoxy) is 3. The number of imidazole rings is 1. The molecule has 1 aliphatic carbocycles. The summed E-state index contributed by atoms with van der Waals surface area (Å²) in [5.41, 5.74) is 3.19. The first-order chi connectivity index (χ1) is 30.5. The van der Waals surface area contributed by atoms with Crippen molar-refractivity contribution in [2.45, 2.75) is 130 Å². The first-order valence-corrected chi connectivity index (χ1v) is 23.1. The Balaban J connectivity index is 0.000000560. The van der Waals surface area contributed by atoms with Gasteiger partial charge in [-0.3, -0.25) is 14.2 Å². The number of H-pyrrole nitrogens is 1. The molecule has 0 spiro atoms. The van der Waals surface area contributed by atoms with E-state index in [1.807, 2.05) is 45.9 Å². The first-order valence-electron chi connectivity index (χ1n) is 22.3. The lowest BCUT2D eigenvalue weighted by atomic mass is 9.78. The number of nitrogens with zero attached hydrogens (tertiary/aromatic N) is 3. The van der Waals surface area contributed by atoms with Crippen molar-refractivity contribution in [1.82, 2.24) is 24.8 Å². The van der Waals surface area contributed by atoms with E-state index in [0.717, 1.165) is 33.4 Å². The van der Waals surface area contributed by atoms with E-state index in [-0.39, 0.29) is 24.5 Å². The molecule has 0 radical (unpaired) electrons. The minimum Gasteiger partial charge on any atom is -0.469 e. The molecule has 16 heteroatoms. The van der Waals surface area contributed by atoms with Crippen LogP contribution >= 0.6 is 11.3 Å². The van der Waals surface area contributed by atoms with Crippen molar-refractivity contribution in [1.29, 1.82) is 0 Å². The standard InChI is InChI=1S/C39H41BFN5O6S.C3H6O2.2C3H8/c1-38(2)39(3,4)52-40(51-38)24-10-11-27-23(15-24)17-29-34-25(41)16-22(18-30(34)50-36(46(27)29)32-13-12-31(53-32)21-8-9-21)26-19-42-35(44-26)28-7-6-14-45(28)33(47)20-43-37(48)49-5;1-3(4)5-2;2*1-3-2/h10-13,15-19,21,28,36H,6-9,14,20H2,1-5H3,(H,42,44)(H,43,48);1-2H3;2*3H2,1-2H3. The van der Waals surface area contributed by atoms with Crippen molar-refractivity contribution in [2.75, 3.05) is 27.3 Å². The summed E-state index contributed by atoms with van der Waals surface area (Å²) in [7, 11) is 2.08. The molecule has 2 amide bonds. The van der Waals surface area contributed by atoms with Crippen LogP contribution in [-0.4, -0.2) is 83.0 Å². The molecule has 5 aromatic rings. The molecule has 9 rings (SSSR count). The molecule has 64 heavy (non-hydrogen) atoms. The minimum absolute atomic E-state index is 0.172. The lowest BCUT2D eigenvalue weighted by Gasteiger charge is -2.32. The number of methoxy groups -OCH3 is 2. The van der Waals surface area contributed by atoms with Gasteiger partial charge in [-0.05, 0) is 101 Å². The molecule has 3 fully saturated rings. The second-order valence-electron chi connectivity index (χ2n) is 17.5. The van der Waals surface area contributed by atoms with Gasteiger partial charge in [-0.1, -0.05) is 52.7 Å². The zero-order valence-corrected chi connectivity index (χ0v) is 39.9. The number of esters is 1. The topological polar surface area (TPSA) is 146 Å². The maximum atomic E-state index is 16.6. The number of likely N-dealkylation sites (tertiary alicyclic amines) is 1. The lowest BCUT2D eigenvalue weighted by Crippen LogP contribution is -2.41. The van der Waals surface area contributed by atoms with E-state index in [0.29, 0.717) is 47.3 Å². The highest BCUT2D eigenvalue weighted by molar-refractivity contribution is 7.12. The Morgan fingerprint density at radius 3 is 2.22 bits per heavy atom. The SMILES string of the molecule is CCC.CCC.COC(=O)NCC(=O)N1CCCC1c1ncc(-c2cc(F)c3c(c2)OC(c2ccc(C4CC4)s2)n2c-3cc3cc(B4OC(C)(C)C(C)(C)O4)ccc32)[nH]1.COC(C)=O. The normalized spacial score (nSPS) is 18.8. The van der Waals surface area contributed by atoms with Crippen LogP contribution in [0.5, 0.6) is 5.75 Å². The Morgan fingerprint density at radius 1 is 0.938 bits per heavy atom. The quantitative estimate of drug-likeness (QED) is 0.120. The third-order valence-corrected chi connectivity index (χ3v) is 13.0. The number of thiophene rings is 1. The second kappa shape index (κ2) is 20.3. The van der Waals surface area contributed by atoms with E-state index in [2.05, 4.69) is 81.3 Å². The highest BCUT2D eigenvalue weighted by Crippen LogP contribution is 2.50. The highest BCUT2D eigenvalue weighted by Gasteiger charge is 2.52. The molecule has 2 aromatic carbocycles. The first kappa shape index (κ1) is 48.3. The number of aromatic nitrogens is 3. The van der Waals surface area contributed by atoms with E-state index in [1.54, 1.807) is 22.4 Å². The Bertz CT molecular complexity index is 2420. The predicted molar refractivity (Wildman–Crippen MR) is 249 cm³/mol. The van der Waals surface area contributed by atoms with Gasteiger partial charge < -0.3 is 38.7 Å². The van der Waals surface area contributed by atoms with Crippen molar-refractivity contribution in [2.24, 2.45) is 0 Å². The molecule has 2 saturated heterocycles. The van der Waals surface area contributed by atoms with Gasteiger partial charge in [0.1, 0.15) is 23.9 Å². The van der Waals surface area contributed by atoms with Crippen LogP contribution in [0.4, 0.5) is 9.18 Å². The molecular formula is C48H63BFN5O8S. The third-order valence-electron chi connectivity index (χ3n) is 11.7. The van der Waals surface area contributed by atoms with Crippen molar-refractivity contribution >= 4 is 52.8 Å². The summed E-state index contributed by atoms with van der Waals surface area (Å²) in [5.74, 6) is 0.748. The Kier molecular flexibility index (Phi) is 15.3. The predicted octanol–water partition coefficient (Wildman–Crippen LogP) is 10.0. The molecular weight excluding hydrogens is 836 g/mol. The summed E-state index contributed by atoms with van der Waals surface area (Å²) in [4.78, 5) is 46.2. The van der Waals surface area contributed by atoms with Gasteiger partial charge in [-0.25, -0.2) is 14.2 Å². The summed E-state index contributed by atoms with van der Waals surface area (Å²) in [6.45, 7) is 18.4. The Morgan fingerprint density at radius 2 is 1.59 bits per heavy atom. The lowest BCUT2D eigenvalue weighted by molar-refractivity contribution is -0.138. The molecule has 3 aliphatic heterocycles. The van der Waals surface area contributed by atoms with Crippen LogP contribution in [0.2, 0.25) is 0 Å². The highest BCUT2D eigenvalue weighted by atomic mass is 32.1. The van der Waals surface area contributed by atoms with Crippen molar-refractivity contribution in [3.63, 3.8) is 0 Å². The number of halogens is 1. The van der Waals surface area contributed by atoms with Gasteiger partial charge in [0.25, 0.3) is 0 Å². The smallest absolute Gasteiger partial charge is 0.469 e. The van der Waals surface area contributed by atoms with Gasteiger partial charge in [-0.2, -0.15) is 0 Å². The molecule has 4 aliphatic rings. The molecule has 2 N–H and O–H groups in total. The van der Waals surface area contributed by atoms with Crippen LogP contribution in [0.25, 0.3) is 33.4 Å². The molecule has 1 saturated carbocycles. The van der Waals surface area contributed by atoms with Gasteiger partial charge in [0.2, 0.25) is 12.1 Å². The van der Waals surface area contributed by atoms with Crippen LogP contribution in [-0.2, 0) is 28.4 Å². The number of amides is 2. The number of hydrogen-bond acceptors (Lipinski definition) is 10. The van der Waals surface area contributed by atoms with Crippen LogP contribution in [0.1, 0.15) is 135 Å². The van der Waals surface area contributed by atoms with Crippen LogP contribution in [0, 0.1) is 5.82 Å². The van der Waals surface area contributed by atoms with Crippen LogP contribution in [0.15, 0.2) is 54.7 Å². The van der Waals surface area contributed by atoms with Crippen molar-refractivity contribution in [3.8, 4) is 28.3 Å². The second-order valence-corrected chi connectivity index (χ2v) is 18.7. The average molecular weight is 900 g/mol. The van der Waals surface area contributed by atoms with Crippen molar-refractivity contribution < 1.29 is 42.3 Å². The monoisotopic (exact) mass is 899 g/mol. The van der Waals surface area contributed by atoms with Crippen LogP contribution in [0.3, 0.4) is 0 Å². The summed E-state index contributed by atoms with van der Waals surface area (Å²) in [5, 5.41) is 3.40. The zero-order valence-electron chi connectivity index (χ0n) is 39.1. The average Bonchev–Trinajstić information content (AvgIpc) is 3.71. The van der Waals surface area contributed by atoms with E-state index in [4.69, 9.17) is 14.0 Å². The molecule has 13 nitrogen and oxygen atoms in total. The molecule has 344 valence electrons. The van der Waals surface area contributed by atoms with Gasteiger partial charge in [-0.15, -0.1) is 11.3 Å². The maximum absolute atomic E-state index is 16.6. The summed E-state index contributed by atoms with van der Waals surface area (Å²) >= 11 is 1.76. The molecule has 6 heterocycles. The van der Waals surface area contributed by atoms with E-state index < -0.39 is 36.5 Å². The number of benzene rings is 2. The summed E-state index contributed by atoms with van der Waals surface area (Å²) < 4.78 is 46.9. The Hall–Kier alpha value is -5.19. The number of nitrogens with one attached hydrogen (secondary N) is 2. The van der Waals surface area contributed by atoms with Gasteiger partial charge >= 0.3 is 19.2 Å². The largest absolute Gasteiger partial charge is 0.494 e. The number of fused-ring (bicyclic) bond motifs is 5. The molecule has 2 unspecified atom stereocenters. The number of rotatable bonds is 7. The number of carbonyl (C=O) groups excluding carboxylic acids is 3. The van der Waals surface area contributed by atoms with Gasteiger partial charge in [0.05, 0.1) is 65.0 Å². The fraction of sp³-hybridized carbons (Fsp3) is 0.500. The fourth-order valence-corrected chi connectivity index (χ4v) is 8.88. The number of carbonyl (C=O) groups is 3. The third kappa shape index (κ3) is 10.3. The Labute approximate surface area is 380 Å². The number of aromatic amines is 1. The van der Waals surface area contributed by atoms with Gasteiger partial charge in [0.15, 0.2) is 0 Å². The molecule has 3 aromatic heterocycles. The summed E-state index contributed by atoms with van der Waals surface area (Å²) in [6, 6.07) is 15.6. The van der Waals surface area contributed by atoms with Gasteiger partial charge in [0, 0.05) is 29.3 Å². The maximum Gasteiger partial charge on any atom is 0.494 e. The molecule has 0 bridgehead atoms. The molecule has 2 atom stereocenters. The fourth-order valence-electron chi connectivity index (χ4n) is 7.67. The van der Waals surface area contributed by atoms with E-state index >= 15 is 4.39 Å². The van der Waals surface area contributed by atoms with Crippen molar-refractivity contribution in [3.05, 3.63) is 76.1 Å². The zero-order chi connectivity index (χ0) is 46.5. The summed E-state index contributed by atoms with van der Waals surface area (Å²) in [6.07, 6.45) is 6.91. The van der Waals surface area contributed by atoms with Crippen LogP contribution < -0.4 is 15.5 Å². The number of hydrogen-bond donors (Lipinski definition) is 2.